The predicted molar refractivity (Wildman–Crippen MR) is 102 cm³/mol. The standard InChI is InChI=1S/C20H11ClFN5/c21-15-9-13(22)4-5-14(15)19-18(26-17(10-23)20(24)27-19)12-3-6-16-11(8-12)2-1-7-25-16/h1-9H,(H2,24,27). The minimum absolute atomic E-state index is 0.0123. The third-order valence-electron chi connectivity index (χ3n) is 4.09. The lowest BCUT2D eigenvalue weighted by atomic mass is 10.0. The van der Waals surface area contributed by atoms with Crippen molar-refractivity contribution in [1.29, 1.82) is 5.26 Å². The third-order valence-corrected chi connectivity index (χ3v) is 4.40. The van der Waals surface area contributed by atoms with E-state index < -0.39 is 5.82 Å². The number of nitriles is 1. The molecule has 0 aliphatic heterocycles. The Bertz CT molecular complexity index is 1230. The van der Waals surface area contributed by atoms with Crippen LogP contribution in [0.1, 0.15) is 5.69 Å². The normalized spacial score (nSPS) is 10.7. The topological polar surface area (TPSA) is 88.5 Å². The van der Waals surface area contributed by atoms with Gasteiger partial charge in [0, 0.05) is 22.7 Å². The van der Waals surface area contributed by atoms with Gasteiger partial charge < -0.3 is 5.73 Å². The Kier molecular flexibility index (Phi) is 4.15. The van der Waals surface area contributed by atoms with Gasteiger partial charge in [-0.2, -0.15) is 5.26 Å². The molecule has 0 amide bonds. The Morgan fingerprint density at radius 1 is 1.04 bits per heavy atom. The monoisotopic (exact) mass is 375 g/mol. The molecular weight excluding hydrogens is 365 g/mol. The number of nitrogens with two attached hydrogens (primary N) is 1. The molecule has 27 heavy (non-hydrogen) atoms. The fourth-order valence-corrected chi connectivity index (χ4v) is 3.08. The number of hydrogen-bond acceptors (Lipinski definition) is 5. The molecular formula is C20H11ClFN5. The van der Waals surface area contributed by atoms with E-state index in [9.17, 15) is 9.65 Å². The number of benzene rings is 2. The van der Waals surface area contributed by atoms with E-state index in [2.05, 4.69) is 15.0 Å². The van der Waals surface area contributed by atoms with Crippen molar-refractivity contribution in [3.05, 3.63) is 71.3 Å². The Morgan fingerprint density at radius 2 is 1.89 bits per heavy atom. The summed E-state index contributed by atoms with van der Waals surface area (Å²) in [7, 11) is 0. The number of pyridine rings is 1. The molecule has 2 aromatic heterocycles. The molecule has 2 aromatic carbocycles. The number of nitrogens with zero attached hydrogens (tertiary/aromatic N) is 4. The molecule has 0 atom stereocenters. The lowest BCUT2D eigenvalue weighted by Gasteiger charge is -2.12. The van der Waals surface area contributed by atoms with Gasteiger partial charge in [-0.05, 0) is 36.4 Å². The summed E-state index contributed by atoms with van der Waals surface area (Å²) in [6.07, 6.45) is 1.71. The number of nitrogen functional groups attached to an aromatic ring is 1. The maximum absolute atomic E-state index is 13.5. The quantitative estimate of drug-likeness (QED) is 0.552. The van der Waals surface area contributed by atoms with Crippen LogP contribution in [0.25, 0.3) is 33.4 Å². The highest BCUT2D eigenvalue weighted by atomic mass is 35.5. The summed E-state index contributed by atoms with van der Waals surface area (Å²) >= 11 is 6.22. The SMILES string of the molecule is N#Cc1nc(-c2ccc3ncccc3c2)c(-c2ccc(F)cc2Cl)nc1N. The molecule has 4 aromatic rings. The molecule has 0 radical (unpaired) electrons. The second-order valence-electron chi connectivity index (χ2n) is 5.80. The van der Waals surface area contributed by atoms with E-state index in [4.69, 9.17) is 17.3 Å². The molecule has 0 bridgehead atoms. The summed E-state index contributed by atoms with van der Waals surface area (Å²) in [5.41, 5.74) is 8.70. The van der Waals surface area contributed by atoms with Gasteiger partial charge in [0.2, 0.25) is 0 Å². The summed E-state index contributed by atoms with van der Waals surface area (Å²) in [6.45, 7) is 0. The second-order valence-corrected chi connectivity index (χ2v) is 6.21. The lowest BCUT2D eigenvalue weighted by Crippen LogP contribution is -2.03. The first-order valence-electron chi connectivity index (χ1n) is 7.95. The molecule has 4 rings (SSSR count). The second kappa shape index (κ2) is 6.63. The average molecular weight is 376 g/mol. The molecule has 0 fully saturated rings. The van der Waals surface area contributed by atoms with Gasteiger partial charge in [0.05, 0.1) is 16.2 Å². The summed E-state index contributed by atoms with van der Waals surface area (Å²) in [6, 6.07) is 15.3. The summed E-state index contributed by atoms with van der Waals surface area (Å²) in [5, 5.41) is 10.4. The Labute approximate surface area is 158 Å². The summed E-state index contributed by atoms with van der Waals surface area (Å²) in [5.74, 6) is -0.476. The highest BCUT2D eigenvalue weighted by Crippen LogP contribution is 2.35. The number of fused-ring (bicyclic) bond motifs is 1. The van der Waals surface area contributed by atoms with Gasteiger partial charge in [-0.3, -0.25) is 4.98 Å². The van der Waals surface area contributed by atoms with Crippen LogP contribution >= 0.6 is 11.6 Å². The fourth-order valence-electron chi connectivity index (χ4n) is 2.82. The van der Waals surface area contributed by atoms with E-state index in [0.29, 0.717) is 17.0 Å². The summed E-state index contributed by atoms with van der Waals surface area (Å²) in [4.78, 5) is 13.0. The van der Waals surface area contributed by atoms with Crippen LogP contribution in [0.4, 0.5) is 10.2 Å². The first-order valence-corrected chi connectivity index (χ1v) is 8.33. The number of halogens is 2. The van der Waals surface area contributed by atoms with Crippen LogP contribution < -0.4 is 5.73 Å². The van der Waals surface area contributed by atoms with E-state index in [1.165, 1.54) is 18.2 Å². The van der Waals surface area contributed by atoms with Gasteiger partial charge in [0.25, 0.3) is 0 Å². The van der Waals surface area contributed by atoms with Crippen LogP contribution in [0.2, 0.25) is 5.02 Å². The van der Waals surface area contributed by atoms with Crippen molar-refractivity contribution in [2.75, 3.05) is 5.73 Å². The maximum atomic E-state index is 13.5. The van der Waals surface area contributed by atoms with Gasteiger partial charge in [-0.1, -0.05) is 23.7 Å². The van der Waals surface area contributed by atoms with Crippen molar-refractivity contribution in [3.8, 4) is 28.6 Å². The van der Waals surface area contributed by atoms with Crippen molar-refractivity contribution in [1.82, 2.24) is 15.0 Å². The molecule has 2 heterocycles. The van der Waals surface area contributed by atoms with E-state index in [1.54, 1.807) is 6.20 Å². The molecule has 2 N–H and O–H groups in total. The maximum Gasteiger partial charge on any atom is 0.183 e. The molecule has 0 aliphatic carbocycles. The molecule has 0 saturated carbocycles. The van der Waals surface area contributed by atoms with Crippen molar-refractivity contribution in [2.45, 2.75) is 0 Å². The predicted octanol–water partition coefficient (Wildman–Crippen LogP) is 4.61. The van der Waals surface area contributed by atoms with Crippen LogP contribution in [-0.2, 0) is 0 Å². The van der Waals surface area contributed by atoms with Crippen LogP contribution in [0.15, 0.2) is 54.7 Å². The average Bonchev–Trinajstić information content (AvgIpc) is 2.67. The first kappa shape index (κ1) is 16.9. The zero-order valence-corrected chi connectivity index (χ0v) is 14.6. The van der Waals surface area contributed by atoms with Crippen molar-refractivity contribution >= 4 is 28.3 Å². The molecule has 7 heteroatoms. The minimum atomic E-state index is -0.461. The number of hydrogen-bond donors (Lipinski definition) is 1. The van der Waals surface area contributed by atoms with Crippen LogP contribution in [-0.4, -0.2) is 15.0 Å². The van der Waals surface area contributed by atoms with Crippen molar-refractivity contribution < 1.29 is 4.39 Å². The fraction of sp³-hybridized carbons (Fsp3) is 0. The Hall–Kier alpha value is -3.56. The van der Waals surface area contributed by atoms with Crippen LogP contribution in [0.5, 0.6) is 0 Å². The molecule has 0 spiro atoms. The Balaban J connectivity index is 2.01. The van der Waals surface area contributed by atoms with E-state index in [-0.39, 0.29) is 16.5 Å². The first-order chi connectivity index (χ1) is 13.1. The largest absolute Gasteiger partial charge is 0.381 e. The number of rotatable bonds is 2. The molecule has 0 aliphatic rings. The third kappa shape index (κ3) is 3.05. The van der Waals surface area contributed by atoms with E-state index >= 15 is 0 Å². The number of aromatic nitrogens is 3. The van der Waals surface area contributed by atoms with E-state index in [1.807, 2.05) is 36.4 Å². The number of anilines is 1. The van der Waals surface area contributed by atoms with Crippen molar-refractivity contribution in [2.24, 2.45) is 0 Å². The summed E-state index contributed by atoms with van der Waals surface area (Å²) < 4.78 is 13.5. The van der Waals surface area contributed by atoms with Gasteiger partial charge >= 0.3 is 0 Å². The zero-order chi connectivity index (χ0) is 19.0. The minimum Gasteiger partial charge on any atom is -0.381 e. The van der Waals surface area contributed by atoms with Crippen LogP contribution in [0.3, 0.4) is 0 Å². The van der Waals surface area contributed by atoms with Gasteiger partial charge in [0.15, 0.2) is 11.5 Å². The zero-order valence-electron chi connectivity index (χ0n) is 13.8. The van der Waals surface area contributed by atoms with Gasteiger partial charge in [0.1, 0.15) is 17.6 Å². The molecule has 130 valence electrons. The molecule has 0 saturated heterocycles. The highest BCUT2D eigenvalue weighted by Gasteiger charge is 2.18. The van der Waals surface area contributed by atoms with Gasteiger partial charge in [-0.25, -0.2) is 14.4 Å². The molecule has 0 unspecified atom stereocenters. The van der Waals surface area contributed by atoms with Gasteiger partial charge in [-0.15, -0.1) is 0 Å². The highest BCUT2D eigenvalue weighted by molar-refractivity contribution is 6.33. The Morgan fingerprint density at radius 3 is 2.67 bits per heavy atom. The van der Waals surface area contributed by atoms with Crippen molar-refractivity contribution in [3.63, 3.8) is 0 Å². The van der Waals surface area contributed by atoms with Crippen LogP contribution in [0, 0.1) is 17.1 Å². The smallest absolute Gasteiger partial charge is 0.183 e. The molecule has 5 nitrogen and oxygen atoms in total. The lowest BCUT2D eigenvalue weighted by molar-refractivity contribution is 0.628. The van der Waals surface area contributed by atoms with E-state index in [0.717, 1.165) is 16.5 Å².